The van der Waals surface area contributed by atoms with Gasteiger partial charge in [-0.1, -0.05) is 46.3 Å². The quantitative estimate of drug-likeness (QED) is 0.0509. The molecule has 6 aliphatic heterocycles. The molecule has 31 heteroatoms. The molecule has 4 saturated carbocycles. The van der Waals surface area contributed by atoms with Crippen molar-refractivity contribution >= 4 is 10.4 Å². The van der Waals surface area contributed by atoms with E-state index in [4.69, 9.17) is 61.0 Å². The smallest absolute Gasteiger partial charge is 0.390 e. The molecule has 5 aliphatic carbocycles. The van der Waals surface area contributed by atoms with Gasteiger partial charge in [0.15, 0.2) is 37.7 Å². The predicted molar refractivity (Wildman–Crippen MR) is 317 cm³/mol. The lowest BCUT2D eigenvalue weighted by atomic mass is 9.47. The summed E-state index contributed by atoms with van der Waals surface area (Å²) in [4.78, 5) is 0. The van der Waals surface area contributed by atoms with Crippen LogP contribution in [0, 0.1) is 58.2 Å². The summed E-state index contributed by atoms with van der Waals surface area (Å²) in [6.07, 6.45) is -41.8. The van der Waals surface area contributed by atoms with Gasteiger partial charge in [0.05, 0.1) is 55.4 Å². The molecule has 0 aromatic carbocycles. The fraction of sp³-hybridized carbons (Fsp3) is 0.968. The van der Waals surface area contributed by atoms with Crippen molar-refractivity contribution in [3.8, 4) is 0 Å². The Morgan fingerprint density at radius 2 is 1.04 bits per heavy atom. The lowest BCUT2D eigenvalue weighted by Crippen LogP contribution is -2.67. The maximum atomic E-state index is 12.7. The molecule has 94 heavy (non-hydrogen) atoms. The lowest BCUT2D eigenvalue weighted by molar-refractivity contribution is -0.400. The fourth-order valence-corrected chi connectivity index (χ4v) is 18.5. The van der Waals surface area contributed by atoms with Crippen molar-refractivity contribution in [2.45, 2.75) is 310 Å². The molecule has 0 aromatic heterocycles. The van der Waals surface area contributed by atoms with E-state index in [1.165, 1.54) is 33.3 Å². The second kappa shape index (κ2) is 28.1. The summed E-state index contributed by atoms with van der Waals surface area (Å²) in [6, 6.07) is 0. The average Bonchev–Trinajstić information content (AvgIpc) is 1.40. The van der Waals surface area contributed by atoms with E-state index >= 15 is 0 Å². The first-order chi connectivity index (χ1) is 44.0. The number of rotatable bonds is 18. The summed E-state index contributed by atoms with van der Waals surface area (Å²) in [5.74, 6) is 1.08. The minimum Gasteiger partial charge on any atom is -0.390 e. The van der Waals surface area contributed by atoms with E-state index in [9.17, 15) is 84.5 Å². The Hall–Kier alpha value is -1.43. The Bertz CT molecular complexity index is 2720. The molecular weight excluding hydrogens is 1270 g/mol. The summed E-state index contributed by atoms with van der Waals surface area (Å²) in [5, 5.41) is 159. The van der Waals surface area contributed by atoms with E-state index in [-0.39, 0.29) is 35.5 Å². The zero-order valence-corrected chi connectivity index (χ0v) is 55.6. The lowest BCUT2D eigenvalue weighted by Gasteiger charge is -2.60. The molecule has 0 spiro atoms. The first-order valence-electron chi connectivity index (χ1n) is 33.7. The van der Waals surface area contributed by atoms with Gasteiger partial charge in [-0.25, -0.2) is 4.18 Å². The van der Waals surface area contributed by atoms with Crippen LogP contribution in [0.5, 0.6) is 0 Å². The molecule has 0 bridgehead atoms. The van der Waals surface area contributed by atoms with Crippen LogP contribution in [0.3, 0.4) is 0 Å². The van der Waals surface area contributed by atoms with Gasteiger partial charge in [-0.15, -0.1) is 0 Å². The molecule has 0 unspecified atom stereocenters. The second-order valence-corrected chi connectivity index (χ2v) is 31.2. The highest BCUT2D eigenvalue weighted by atomic mass is 32.3. The van der Waals surface area contributed by atoms with Crippen molar-refractivity contribution in [1.29, 1.82) is 0 Å². The number of fused-ring (bicyclic) bond motifs is 5. The van der Waals surface area contributed by atoms with Gasteiger partial charge in [0.25, 0.3) is 0 Å². The summed E-state index contributed by atoms with van der Waals surface area (Å²) in [6.45, 7) is 17.7. The zero-order valence-electron chi connectivity index (χ0n) is 54.8. The van der Waals surface area contributed by atoms with E-state index in [1.54, 1.807) is 0 Å². The van der Waals surface area contributed by atoms with Crippen LogP contribution >= 0.6 is 0 Å². The van der Waals surface area contributed by atoms with Crippen molar-refractivity contribution < 1.29 is 145 Å². The first-order valence-corrected chi connectivity index (χ1v) is 35.0. The summed E-state index contributed by atoms with van der Waals surface area (Å²) in [5.41, 5.74) is -0.610. The van der Waals surface area contributed by atoms with Crippen LogP contribution in [-0.4, -0.2) is 288 Å². The normalized spacial score (nSPS) is 54.2. The molecule has 542 valence electrons. The molecule has 6 heterocycles. The Balaban J connectivity index is 0.839. The standard InChI is InChI=1S/C63H104O30S/c1-22(2)23(3)29-18-33(29)63(10,77)38-12-11-31-30-19-36(34-17-28(93-94(78,79)80)13-15-61(34,8)32(30)14-16-62(31,38)9)87-57-49(75)52(42(68)26(6)84-57)90-59-53(91-56-48(74)45(71)39(65)24(4)83-56)44(70)37(21-82-59)88-60-54(46(72)40(66)25(5)86-60)92-58-50(76)51(41(67)27(7)85-58)89-55-47(73)43(69)35(64)20-81-55/h14,22-31,33-60,64-77H,11-13,15-21H2,1-10H3,(H,78,79,80)/t23-,24+,25+,26+,27+,28-,29-,30-,31-,33+,34+,35+,36-,37+,38-,39+,40+,41-,42+,43-,44-,45-,46-,47+,48+,49+,50+,51-,52-,53+,54+,55-,56-,57-,58-,59-,60-,61+,62-,63-/m0/s1. The Morgan fingerprint density at radius 3 is 1.65 bits per heavy atom. The van der Waals surface area contributed by atoms with E-state index in [0.29, 0.717) is 37.0 Å². The third-order valence-electron chi connectivity index (χ3n) is 24.1. The monoisotopic (exact) mass is 1370 g/mol. The van der Waals surface area contributed by atoms with Crippen molar-refractivity contribution in [2.24, 2.45) is 58.2 Å². The van der Waals surface area contributed by atoms with Gasteiger partial charge < -0.3 is 128 Å². The van der Waals surface area contributed by atoms with Crippen molar-refractivity contribution in [3.05, 3.63) is 11.6 Å². The first kappa shape index (κ1) is 73.8. The number of hydrogen-bond donors (Lipinski definition) is 15. The van der Waals surface area contributed by atoms with E-state index < -0.39 is 225 Å². The van der Waals surface area contributed by atoms with E-state index in [0.717, 1.165) is 25.7 Å². The van der Waals surface area contributed by atoms with Crippen LogP contribution in [0.2, 0.25) is 0 Å². The van der Waals surface area contributed by atoms with Crippen molar-refractivity contribution in [1.82, 2.24) is 0 Å². The topological polar surface area (TPSA) is 458 Å². The Morgan fingerprint density at radius 1 is 0.532 bits per heavy atom. The molecule has 40 atom stereocenters. The van der Waals surface area contributed by atoms with Crippen molar-refractivity contribution in [3.63, 3.8) is 0 Å². The third kappa shape index (κ3) is 13.9. The minimum atomic E-state index is -4.87. The molecule has 30 nitrogen and oxygen atoms in total. The summed E-state index contributed by atoms with van der Waals surface area (Å²) >= 11 is 0. The van der Waals surface area contributed by atoms with Gasteiger partial charge in [0, 0.05) is 0 Å². The Labute approximate surface area is 547 Å². The summed E-state index contributed by atoms with van der Waals surface area (Å²) in [7, 11) is -4.87. The number of aliphatic hydroxyl groups excluding tert-OH is 13. The maximum absolute atomic E-state index is 12.7. The highest BCUT2D eigenvalue weighted by molar-refractivity contribution is 7.80. The maximum Gasteiger partial charge on any atom is 0.397 e. The number of hydrogen-bond acceptors (Lipinski definition) is 29. The molecule has 11 aliphatic rings. The Kier molecular flexibility index (Phi) is 22.0. The van der Waals surface area contributed by atoms with Gasteiger partial charge >= 0.3 is 10.4 Å². The number of aliphatic hydroxyl groups is 14. The SMILES string of the molecule is CC(C)[C@H](C)[C@@H]1C[C@H]1[C@](C)(O)[C@H]1CC[C@H]2[C@@H]3C[C@H](O[C@@H]4O[C@H](C)[C@@H](O)[C@H](O[C@@H]5OC[C@@H](O[C@@H]6O[C@H](C)[C@@H](O)[C@H](O)[C@H]6O[C@@H]6O[C@H](C)[C@H](O)[C@H](O[C@@H]7OC[C@@H](O)[C@H](O)[C@H]7O)[C@H]6O)[C@H](O)[C@H]5O[C@@H]5O[C@H](C)[C@@H](O)[C@H](O)[C@H]5O)[C@H]4O)[C@H]4C[C@@H](OS(=O)(=O)O)CC[C@]4(C)C3=CC[C@]12C. The average molecular weight is 1370 g/mol. The van der Waals surface area contributed by atoms with Crippen LogP contribution < -0.4 is 0 Å². The van der Waals surface area contributed by atoms with Crippen LogP contribution in [-0.2, 0) is 71.4 Å². The minimum absolute atomic E-state index is 0.00639. The number of allylic oxidation sites excluding steroid dienone is 2. The molecule has 6 saturated heterocycles. The van der Waals surface area contributed by atoms with E-state index in [1.807, 2.05) is 6.92 Å². The fourth-order valence-electron chi connectivity index (χ4n) is 18.0. The molecule has 0 aromatic rings. The summed E-state index contributed by atoms with van der Waals surface area (Å²) < 4.78 is 113. The highest BCUT2D eigenvalue weighted by Gasteiger charge is 2.67. The zero-order chi connectivity index (χ0) is 68.5. The van der Waals surface area contributed by atoms with Gasteiger partial charge in [-0.3, -0.25) is 4.55 Å². The molecule has 0 amide bonds. The molecule has 10 fully saturated rings. The van der Waals surface area contributed by atoms with Gasteiger partial charge in [0.1, 0.15) is 110 Å². The number of ether oxygens (including phenoxy) is 12. The van der Waals surface area contributed by atoms with Gasteiger partial charge in [0.2, 0.25) is 0 Å². The highest BCUT2D eigenvalue weighted by Crippen LogP contribution is 2.69. The molecule has 15 N–H and O–H groups in total. The van der Waals surface area contributed by atoms with Crippen LogP contribution in [0.4, 0.5) is 0 Å². The van der Waals surface area contributed by atoms with Gasteiger partial charge in [-0.05, 0) is 144 Å². The van der Waals surface area contributed by atoms with Crippen molar-refractivity contribution in [2.75, 3.05) is 13.2 Å². The van der Waals surface area contributed by atoms with Crippen LogP contribution in [0.25, 0.3) is 0 Å². The second-order valence-electron chi connectivity index (χ2n) is 30.2. The van der Waals surface area contributed by atoms with E-state index in [2.05, 4.69) is 40.7 Å². The molecule has 0 radical (unpaired) electrons. The van der Waals surface area contributed by atoms with Crippen LogP contribution in [0.15, 0.2) is 11.6 Å². The molecule has 11 rings (SSSR count). The van der Waals surface area contributed by atoms with Gasteiger partial charge in [-0.2, -0.15) is 8.42 Å². The van der Waals surface area contributed by atoms with Crippen LogP contribution in [0.1, 0.15) is 121 Å². The third-order valence-corrected chi connectivity index (χ3v) is 24.6. The largest absolute Gasteiger partial charge is 0.397 e. The molecular formula is C63H104O30S. The predicted octanol–water partition coefficient (Wildman–Crippen LogP) is -2.26.